The second-order valence-electron chi connectivity index (χ2n) is 11.7. The summed E-state index contributed by atoms with van der Waals surface area (Å²) >= 11 is 0. The zero-order valence-corrected chi connectivity index (χ0v) is 22.0. The average molecular weight is 469 g/mol. The summed E-state index contributed by atoms with van der Waals surface area (Å²) in [6.07, 6.45) is 1.39. The Morgan fingerprint density at radius 3 is 1.74 bits per heavy atom. The smallest absolute Gasteiger partial charge is 0.144 e. The molecule has 2 bridgehead atoms. The monoisotopic (exact) mass is 468 g/mol. The molecule has 2 aliphatic rings. The van der Waals surface area contributed by atoms with Gasteiger partial charge in [0.25, 0.3) is 0 Å². The number of rotatable bonds is 4. The van der Waals surface area contributed by atoms with Crippen molar-refractivity contribution >= 4 is 24.2 Å². The Kier molecular flexibility index (Phi) is 5.49. The fraction of sp³-hybridized carbons (Fsp3) is 0.387. The Bertz CT molecular complexity index is 1120. The molecule has 2 fully saturated rings. The highest BCUT2D eigenvalue weighted by Crippen LogP contribution is 2.67. The Morgan fingerprint density at radius 2 is 1.26 bits per heavy atom. The minimum atomic E-state index is -2.55. The molecule has 0 spiro atoms. The van der Waals surface area contributed by atoms with Gasteiger partial charge < -0.3 is 4.74 Å². The van der Waals surface area contributed by atoms with E-state index in [4.69, 9.17) is 4.74 Å². The van der Waals surface area contributed by atoms with Crippen molar-refractivity contribution in [2.24, 2.45) is 5.41 Å². The zero-order chi connectivity index (χ0) is 24.2. The predicted molar refractivity (Wildman–Crippen MR) is 142 cm³/mol. The molecule has 3 aromatic carbocycles. The minimum absolute atomic E-state index is 0.0118. The van der Waals surface area contributed by atoms with E-state index in [0.29, 0.717) is 12.2 Å². The lowest BCUT2D eigenvalue weighted by atomic mass is 9.66. The lowest BCUT2D eigenvalue weighted by molar-refractivity contribution is -0.176. The predicted octanol–water partition coefficient (Wildman–Crippen LogP) is 6.10. The molecule has 0 aromatic heterocycles. The van der Waals surface area contributed by atoms with Gasteiger partial charge in [0.1, 0.15) is 19.5 Å². The van der Waals surface area contributed by atoms with Crippen LogP contribution in [0.2, 0.25) is 10.6 Å². The van der Waals surface area contributed by atoms with E-state index in [2.05, 4.69) is 126 Å². The van der Waals surface area contributed by atoms with Crippen LogP contribution in [0.15, 0.2) is 91.0 Å². The second-order valence-corrected chi connectivity index (χ2v) is 16.6. The summed E-state index contributed by atoms with van der Waals surface area (Å²) in [5.41, 5.74) is 0.0607. The highest BCUT2D eigenvalue weighted by atomic mass is 28.3. The summed E-state index contributed by atoms with van der Waals surface area (Å²) < 4.78 is 7.13. The third kappa shape index (κ3) is 3.06. The van der Waals surface area contributed by atoms with E-state index in [-0.39, 0.29) is 16.7 Å². The van der Waals surface area contributed by atoms with Crippen LogP contribution in [0.4, 0.5) is 0 Å². The van der Waals surface area contributed by atoms with Crippen molar-refractivity contribution in [3.05, 3.63) is 96.6 Å². The third-order valence-electron chi connectivity index (χ3n) is 8.75. The van der Waals surface area contributed by atoms with Crippen molar-refractivity contribution in [1.29, 1.82) is 0 Å². The van der Waals surface area contributed by atoms with Gasteiger partial charge in [-0.05, 0) is 36.4 Å². The molecule has 34 heavy (non-hydrogen) atoms. The Labute approximate surface area is 205 Å². The van der Waals surface area contributed by atoms with Crippen molar-refractivity contribution in [2.75, 3.05) is 0 Å². The Hall–Kier alpha value is -2.49. The number of hydrogen-bond donors (Lipinski definition) is 0. The molecule has 2 saturated heterocycles. The van der Waals surface area contributed by atoms with Crippen LogP contribution in [-0.4, -0.2) is 20.0 Å². The molecule has 176 valence electrons. The molecule has 0 N–H and O–H groups in total. The summed E-state index contributed by atoms with van der Waals surface area (Å²) in [5.74, 6) is 0.327. The molecule has 0 aliphatic carbocycles. The first kappa shape index (κ1) is 23.3. The zero-order valence-electron chi connectivity index (χ0n) is 21.0. The van der Waals surface area contributed by atoms with Gasteiger partial charge in [0, 0.05) is 6.42 Å². The van der Waals surface area contributed by atoms with Crippen LogP contribution >= 0.6 is 0 Å². The van der Waals surface area contributed by atoms with Crippen LogP contribution in [-0.2, 0) is 15.1 Å². The standard InChI is InChI=1S/C31H36O2Si/c1-29(2,3)34(25-17-11-7-12-18-25,26-19-13-8-14-20-26)28-22-24-21-27(32)30(4,5)31(28,33-24)23-15-9-6-10-16-23/h6-20,24,28H,21-22H2,1-5H3/t24-,28-,31-/m0/s1. The number of carbonyl (C=O) groups is 1. The fourth-order valence-electron chi connectivity index (χ4n) is 7.36. The molecule has 0 unspecified atom stereocenters. The first-order valence-electron chi connectivity index (χ1n) is 12.5. The number of fused-ring (bicyclic) bond motifs is 2. The summed E-state index contributed by atoms with van der Waals surface area (Å²) in [6.45, 7) is 11.5. The highest BCUT2D eigenvalue weighted by Gasteiger charge is 2.71. The molecule has 2 heterocycles. The van der Waals surface area contributed by atoms with E-state index in [1.165, 1.54) is 10.4 Å². The van der Waals surface area contributed by atoms with Crippen molar-refractivity contribution in [1.82, 2.24) is 0 Å². The number of ether oxygens (including phenoxy) is 1. The van der Waals surface area contributed by atoms with Gasteiger partial charge in [-0.15, -0.1) is 0 Å². The largest absolute Gasteiger partial charge is 0.366 e. The Morgan fingerprint density at radius 1 is 0.794 bits per heavy atom. The quantitative estimate of drug-likeness (QED) is 0.432. The summed E-state index contributed by atoms with van der Waals surface area (Å²) in [7, 11) is -2.55. The molecular weight excluding hydrogens is 432 g/mol. The van der Waals surface area contributed by atoms with Gasteiger partial charge in [0.15, 0.2) is 0 Å². The summed E-state index contributed by atoms with van der Waals surface area (Å²) in [5, 5.41) is 2.84. The maximum atomic E-state index is 13.7. The maximum Gasteiger partial charge on any atom is 0.144 e. The molecule has 0 saturated carbocycles. The van der Waals surface area contributed by atoms with Gasteiger partial charge in [-0.2, -0.15) is 0 Å². The van der Waals surface area contributed by atoms with Crippen LogP contribution in [0.5, 0.6) is 0 Å². The SMILES string of the molecule is CC1(C)C(=O)C[C@H]2C[C@H]([Si](c3ccccc3)(c3ccccc3)C(C)(C)C)[C@]1(c1ccccc1)O2. The van der Waals surface area contributed by atoms with Crippen molar-refractivity contribution in [3.63, 3.8) is 0 Å². The molecule has 3 atom stereocenters. The second kappa shape index (κ2) is 8.03. The van der Waals surface area contributed by atoms with Crippen LogP contribution in [0.1, 0.15) is 53.0 Å². The van der Waals surface area contributed by atoms with E-state index in [9.17, 15) is 4.79 Å². The number of carbonyl (C=O) groups excluding carboxylic acids is 1. The number of ketones is 1. The lowest BCUT2D eigenvalue weighted by Crippen LogP contribution is -2.71. The molecule has 3 aromatic rings. The fourth-order valence-corrected chi connectivity index (χ4v) is 14.5. The van der Waals surface area contributed by atoms with E-state index in [0.717, 1.165) is 12.0 Å². The van der Waals surface area contributed by atoms with E-state index >= 15 is 0 Å². The molecule has 0 amide bonds. The normalized spacial score (nSPS) is 26.4. The van der Waals surface area contributed by atoms with E-state index < -0.39 is 19.1 Å². The molecule has 5 rings (SSSR count). The summed E-state index contributed by atoms with van der Waals surface area (Å²) in [6, 6.07) is 32.9. The maximum absolute atomic E-state index is 13.7. The van der Waals surface area contributed by atoms with Gasteiger partial charge >= 0.3 is 0 Å². The van der Waals surface area contributed by atoms with Crippen molar-refractivity contribution in [2.45, 2.75) is 69.7 Å². The summed E-state index contributed by atoms with van der Waals surface area (Å²) in [4.78, 5) is 13.7. The van der Waals surface area contributed by atoms with E-state index in [1.54, 1.807) is 0 Å². The molecule has 3 heteroatoms. The van der Waals surface area contributed by atoms with Crippen molar-refractivity contribution in [3.8, 4) is 0 Å². The van der Waals surface area contributed by atoms with Gasteiger partial charge in [-0.1, -0.05) is 122 Å². The van der Waals surface area contributed by atoms with Gasteiger partial charge in [0.2, 0.25) is 0 Å². The molecule has 2 nitrogen and oxygen atoms in total. The highest BCUT2D eigenvalue weighted by molar-refractivity contribution is 7.05. The number of benzene rings is 3. The van der Waals surface area contributed by atoms with E-state index in [1.807, 2.05) is 0 Å². The topological polar surface area (TPSA) is 26.3 Å². The third-order valence-corrected chi connectivity index (χ3v) is 15.3. The van der Waals surface area contributed by atoms with Crippen LogP contribution < -0.4 is 10.4 Å². The average Bonchev–Trinajstić information content (AvgIpc) is 3.18. The van der Waals surface area contributed by atoms with Gasteiger partial charge in [-0.3, -0.25) is 4.79 Å². The first-order valence-corrected chi connectivity index (χ1v) is 14.6. The van der Waals surface area contributed by atoms with Crippen LogP contribution in [0, 0.1) is 5.41 Å². The molecular formula is C31H36O2Si. The van der Waals surface area contributed by atoms with Gasteiger partial charge in [-0.25, -0.2) is 0 Å². The van der Waals surface area contributed by atoms with Gasteiger partial charge in [0.05, 0.1) is 11.5 Å². The van der Waals surface area contributed by atoms with Crippen LogP contribution in [0.25, 0.3) is 0 Å². The number of Topliss-reactive ketones (excluding diaryl/α,β-unsaturated/α-hetero) is 1. The number of hydrogen-bond acceptors (Lipinski definition) is 2. The Balaban J connectivity index is 1.91. The molecule has 2 aliphatic heterocycles. The molecule has 0 radical (unpaired) electrons. The van der Waals surface area contributed by atoms with Crippen LogP contribution in [0.3, 0.4) is 0 Å². The first-order chi connectivity index (χ1) is 16.2. The minimum Gasteiger partial charge on any atom is -0.366 e. The van der Waals surface area contributed by atoms with Crippen molar-refractivity contribution < 1.29 is 9.53 Å². The lowest BCUT2D eigenvalue weighted by Gasteiger charge is -2.57.